The normalized spacial score (nSPS) is 24.9. The van der Waals surface area contributed by atoms with Crippen LogP contribution >= 0.6 is 0 Å². The lowest BCUT2D eigenvalue weighted by Gasteiger charge is -2.34. The second-order valence-corrected chi connectivity index (χ2v) is 6.94. The van der Waals surface area contributed by atoms with Crippen molar-refractivity contribution in [1.82, 2.24) is 9.97 Å². The molecule has 2 aliphatic carbocycles. The summed E-state index contributed by atoms with van der Waals surface area (Å²) in [5.74, 6) is 1.68. The summed E-state index contributed by atoms with van der Waals surface area (Å²) in [6.45, 7) is 1.53. The zero-order valence-corrected chi connectivity index (χ0v) is 12.9. The highest BCUT2D eigenvalue weighted by Crippen LogP contribution is 2.40. The Morgan fingerprint density at radius 1 is 1.09 bits per heavy atom. The van der Waals surface area contributed by atoms with E-state index in [9.17, 15) is 9.90 Å². The predicted octanol–water partition coefficient (Wildman–Crippen LogP) is 2.53. The van der Waals surface area contributed by atoms with Crippen molar-refractivity contribution in [2.45, 2.75) is 57.3 Å². The lowest BCUT2D eigenvalue weighted by Crippen LogP contribution is -2.40. The fourth-order valence-corrected chi connectivity index (χ4v) is 3.75. The third-order valence-electron chi connectivity index (χ3n) is 5.19. The van der Waals surface area contributed by atoms with Crippen LogP contribution in [0.4, 0.5) is 5.82 Å². The van der Waals surface area contributed by atoms with Crippen LogP contribution in [0.5, 0.6) is 0 Å². The first kappa shape index (κ1) is 14.0. The van der Waals surface area contributed by atoms with Crippen molar-refractivity contribution in [3.8, 4) is 0 Å². The molecule has 0 aromatic carbocycles. The summed E-state index contributed by atoms with van der Waals surface area (Å²) >= 11 is 0. The van der Waals surface area contributed by atoms with Crippen LogP contribution in [0.15, 0.2) is 0 Å². The Labute approximate surface area is 130 Å². The van der Waals surface area contributed by atoms with E-state index in [1.54, 1.807) is 0 Å². The van der Waals surface area contributed by atoms with Crippen molar-refractivity contribution >= 4 is 11.8 Å². The molecule has 0 bridgehead atoms. The monoisotopic (exact) mass is 301 g/mol. The minimum absolute atomic E-state index is 0.257. The highest BCUT2D eigenvalue weighted by Gasteiger charge is 2.32. The van der Waals surface area contributed by atoms with Crippen LogP contribution < -0.4 is 4.90 Å². The minimum Gasteiger partial charge on any atom is -0.481 e. The standard InChI is InChI=1S/C17H23N3O2/c21-17(22)12-4-3-9-20(10-12)16-13-5-1-2-6-14(13)18-15(19-16)11-7-8-11/h11-12H,1-10H2,(H,21,22). The second-order valence-electron chi connectivity index (χ2n) is 6.94. The number of aliphatic carboxylic acids is 1. The molecule has 3 aliphatic rings. The number of aryl methyl sites for hydroxylation is 1. The van der Waals surface area contributed by atoms with E-state index < -0.39 is 5.97 Å². The zero-order valence-electron chi connectivity index (χ0n) is 12.9. The van der Waals surface area contributed by atoms with E-state index in [0.29, 0.717) is 12.5 Å². The van der Waals surface area contributed by atoms with E-state index >= 15 is 0 Å². The second kappa shape index (κ2) is 5.52. The highest BCUT2D eigenvalue weighted by molar-refractivity contribution is 5.71. The van der Waals surface area contributed by atoms with E-state index in [4.69, 9.17) is 9.97 Å². The summed E-state index contributed by atoms with van der Waals surface area (Å²) in [5, 5.41) is 9.33. The summed E-state index contributed by atoms with van der Waals surface area (Å²) in [5.41, 5.74) is 2.53. The summed E-state index contributed by atoms with van der Waals surface area (Å²) < 4.78 is 0. The van der Waals surface area contributed by atoms with Gasteiger partial charge in [-0.25, -0.2) is 9.97 Å². The Morgan fingerprint density at radius 3 is 2.68 bits per heavy atom. The molecule has 4 rings (SSSR count). The molecule has 5 heteroatoms. The number of piperidine rings is 1. The molecule has 0 radical (unpaired) electrons. The van der Waals surface area contributed by atoms with Crippen molar-refractivity contribution in [2.75, 3.05) is 18.0 Å². The lowest BCUT2D eigenvalue weighted by molar-refractivity contribution is -0.141. The molecule has 1 aliphatic heterocycles. The Bertz CT molecular complexity index is 598. The van der Waals surface area contributed by atoms with Gasteiger partial charge >= 0.3 is 5.97 Å². The fourth-order valence-electron chi connectivity index (χ4n) is 3.75. The number of hydrogen-bond acceptors (Lipinski definition) is 4. The SMILES string of the molecule is O=C(O)C1CCCN(c2nc(C3CC3)nc3c2CCCC3)C1. The number of carbonyl (C=O) groups is 1. The summed E-state index contributed by atoms with van der Waals surface area (Å²) in [7, 11) is 0. The minimum atomic E-state index is -0.671. The van der Waals surface area contributed by atoms with Gasteiger partial charge in [0.1, 0.15) is 11.6 Å². The summed E-state index contributed by atoms with van der Waals surface area (Å²) in [4.78, 5) is 23.3. The van der Waals surface area contributed by atoms with Crippen molar-refractivity contribution < 1.29 is 9.90 Å². The van der Waals surface area contributed by atoms with Gasteiger partial charge in [-0.15, -0.1) is 0 Å². The van der Waals surface area contributed by atoms with Crippen LogP contribution in [0.3, 0.4) is 0 Å². The van der Waals surface area contributed by atoms with Crippen LogP contribution in [0.2, 0.25) is 0 Å². The van der Waals surface area contributed by atoms with E-state index in [1.165, 1.54) is 36.9 Å². The van der Waals surface area contributed by atoms with Gasteiger partial charge < -0.3 is 10.0 Å². The highest BCUT2D eigenvalue weighted by atomic mass is 16.4. The van der Waals surface area contributed by atoms with Gasteiger partial charge in [-0.2, -0.15) is 0 Å². The van der Waals surface area contributed by atoms with Gasteiger partial charge in [0.2, 0.25) is 0 Å². The van der Waals surface area contributed by atoms with Gasteiger partial charge in [0.15, 0.2) is 0 Å². The van der Waals surface area contributed by atoms with Crippen LogP contribution in [0.1, 0.15) is 61.5 Å². The number of carboxylic acids is 1. The first-order valence-electron chi connectivity index (χ1n) is 8.60. The molecule has 2 fully saturated rings. The molecule has 1 atom stereocenters. The molecule has 0 spiro atoms. The number of rotatable bonds is 3. The third-order valence-corrected chi connectivity index (χ3v) is 5.19. The molecule has 118 valence electrons. The van der Waals surface area contributed by atoms with Gasteiger partial charge in [0.25, 0.3) is 0 Å². The number of hydrogen-bond donors (Lipinski definition) is 1. The number of aromatic nitrogens is 2. The molecule has 5 nitrogen and oxygen atoms in total. The first-order valence-corrected chi connectivity index (χ1v) is 8.60. The van der Waals surface area contributed by atoms with Crippen molar-refractivity contribution in [3.05, 3.63) is 17.1 Å². The van der Waals surface area contributed by atoms with E-state index in [-0.39, 0.29) is 5.92 Å². The van der Waals surface area contributed by atoms with Crippen LogP contribution in [-0.4, -0.2) is 34.1 Å². The van der Waals surface area contributed by atoms with Gasteiger partial charge in [-0.1, -0.05) is 0 Å². The van der Waals surface area contributed by atoms with E-state index in [1.807, 2.05) is 0 Å². The molecule has 0 amide bonds. The maximum absolute atomic E-state index is 11.3. The molecule has 1 aromatic heterocycles. The molecule has 22 heavy (non-hydrogen) atoms. The molecule has 1 N–H and O–H groups in total. The number of anilines is 1. The first-order chi connectivity index (χ1) is 10.7. The van der Waals surface area contributed by atoms with Crippen LogP contribution in [0.25, 0.3) is 0 Å². The van der Waals surface area contributed by atoms with Crippen LogP contribution in [-0.2, 0) is 17.6 Å². The average molecular weight is 301 g/mol. The molecular formula is C17H23N3O2. The van der Waals surface area contributed by atoms with Gasteiger partial charge in [-0.05, 0) is 51.4 Å². The zero-order chi connectivity index (χ0) is 15.1. The smallest absolute Gasteiger partial charge is 0.308 e. The van der Waals surface area contributed by atoms with Crippen LogP contribution in [0, 0.1) is 5.92 Å². The van der Waals surface area contributed by atoms with Gasteiger partial charge in [-0.3, -0.25) is 4.79 Å². The number of nitrogens with zero attached hydrogens (tertiary/aromatic N) is 3. The predicted molar refractivity (Wildman–Crippen MR) is 83.2 cm³/mol. The maximum atomic E-state index is 11.3. The topological polar surface area (TPSA) is 66.3 Å². The van der Waals surface area contributed by atoms with E-state index in [0.717, 1.165) is 43.9 Å². The summed E-state index contributed by atoms with van der Waals surface area (Å²) in [6, 6.07) is 0. The summed E-state index contributed by atoms with van der Waals surface area (Å²) in [6.07, 6.45) is 8.65. The third kappa shape index (κ3) is 2.57. The maximum Gasteiger partial charge on any atom is 0.308 e. The van der Waals surface area contributed by atoms with Crippen molar-refractivity contribution in [2.24, 2.45) is 5.92 Å². The van der Waals surface area contributed by atoms with Crippen molar-refractivity contribution in [1.29, 1.82) is 0 Å². The Balaban J connectivity index is 1.69. The quantitative estimate of drug-likeness (QED) is 0.929. The Hall–Kier alpha value is -1.65. The van der Waals surface area contributed by atoms with E-state index in [2.05, 4.69) is 4.90 Å². The Kier molecular flexibility index (Phi) is 3.51. The van der Waals surface area contributed by atoms with Crippen molar-refractivity contribution in [3.63, 3.8) is 0 Å². The molecule has 2 heterocycles. The number of carboxylic acid groups (broad SMARTS) is 1. The van der Waals surface area contributed by atoms with Gasteiger partial charge in [0, 0.05) is 30.3 Å². The molecule has 1 saturated heterocycles. The lowest BCUT2D eigenvalue weighted by atomic mass is 9.93. The van der Waals surface area contributed by atoms with Gasteiger partial charge in [0.05, 0.1) is 5.92 Å². The molecule has 1 saturated carbocycles. The average Bonchev–Trinajstić information content (AvgIpc) is 3.39. The largest absolute Gasteiger partial charge is 0.481 e. The molecular weight excluding hydrogens is 278 g/mol. The Morgan fingerprint density at radius 2 is 1.91 bits per heavy atom. The molecule has 1 unspecified atom stereocenters. The molecule has 1 aromatic rings. The fraction of sp³-hybridized carbons (Fsp3) is 0.706. The number of fused-ring (bicyclic) bond motifs is 1.